The average Bonchev–Trinajstić information content (AvgIpc) is 2.47. The van der Waals surface area contributed by atoms with Crippen LogP contribution >= 0.6 is 0 Å². The number of ether oxygens (including phenoxy) is 1. The minimum atomic E-state index is -3.63. The second-order valence-corrected chi connectivity index (χ2v) is 5.49. The van der Waals surface area contributed by atoms with Crippen LogP contribution in [0.2, 0.25) is 0 Å². The summed E-state index contributed by atoms with van der Waals surface area (Å²) in [6.45, 7) is 1.63. The third kappa shape index (κ3) is 1.71. The highest BCUT2D eigenvalue weighted by molar-refractivity contribution is 7.90. The van der Waals surface area contributed by atoms with Crippen molar-refractivity contribution < 1.29 is 13.2 Å². The van der Waals surface area contributed by atoms with E-state index in [0.717, 1.165) is 0 Å². The fraction of sp³-hybridized carbons (Fsp3) is 0.400. The van der Waals surface area contributed by atoms with Crippen molar-refractivity contribution in [2.75, 3.05) is 24.7 Å². The number of nitrogens with zero attached hydrogens (tertiary/aromatic N) is 3. The van der Waals surface area contributed by atoms with E-state index in [1.165, 1.54) is 12.3 Å². The molecule has 1 fully saturated rings. The zero-order valence-corrected chi connectivity index (χ0v) is 9.80. The first-order valence-corrected chi connectivity index (χ1v) is 6.72. The largest absolute Gasteiger partial charge is 0.377 e. The number of rotatable bonds is 0. The lowest BCUT2D eigenvalue weighted by molar-refractivity contribution is 0.111. The maximum Gasteiger partial charge on any atom is 0.285 e. The topological polar surface area (TPSA) is 71.9 Å². The quantitative estimate of drug-likeness (QED) is 0.653. The normalized spacial score (nSPS) is 25.9. The Bertz CT molecular complexity index is 570. The van der Waals surface area contributed by atoms with E-state index in [1.807, 2.05) is 4.90 Å². The number of fused-ring (bicyclic) bond motifs is 3. The van der Waals surface area contributed by atoms with E-state index in [2.05, 4.69) is 9.38 Å². The highest BCUT2D eigenvalue weighted by Gasteiger charge is 2.31. The molecule has 3 rings (SSSR count). The molecule has 17 heavy (non-hydrogen) atoms. The summed E-state index contributed by atoms with van der Waals surface area (Å²) in [5, 5.41) is 0. The highest BCUT2D eigenvalue weighted by Crippen LogP contribution is 2.28. The number of hydrogen-bond acceptors (Lipinski definition) is 5. The summed E-state index contributed by atoms with van der Waals surface area (Å²) in [5.74, 6) is 0.471. The number of pyridine rings is 1. The van der Waals surface area contributed by atoms with Crippen LogP contribution in [-0.4, -0.2) is 45.4 Å². The maximum absolute atomic E-state index is 11.9. The van der Waals surface area contributed by atoms with Gasteiger partial charge in [0, 0.05) is 19.0 Å². The van der Waals surface area contributed by atoms with Crippen LogP contribution in [0.25, 0.3) is 0 Å². The molecule has 1 aromatic heterocycles. The molecule has 0 bridgehead atoms. The molecule has 3 heterocycles. The van der Waals surface area contributed by atoms with E-state index in [4.69, 9.17) is 4.74 Å². The fourth-order valence-corrected chi connectivity index (χ4v) is 3.08. The molecule has 0 spiro atoms. The first kappa shape index (κ1) is 10.7. The lowest BCUT2D eigenvalue weighted by atomic mass is 10.2. The van der Waals surface area contributed by atoms with Crippen molar-refractivity contribution in [2.45, 2.75) is 10.9 Å². The highest BCUT2D eigenvalue weighted by atomic mass is 32.2. The van der Waals surface area contributed by atoms with Crippen LogP contribution < -0.4 is 4.90 Å². The molecule has 7 heteroatoms. The molecule has 2 aliphatic heterocycles. The van der Waals surface area contributed by atoms with Gasteiger partial charge in [-0.05, 0) is 12.1 Å². The van der Waals surface area contributed by atoms with Gasteiger partial charge in [0.05, 0.1) is 19.3 Å². The van der Waals surface area contributed by atoms with Gasteiger partial charge in [0.1, 0.15) is 10.7 Å². The van der Waals surface area contributed by atoms with Crippen molar-refractivity contribution in [3.8, 4) is 0 Å². The molecule has 0 amide bonds. The van der Waals surface area contributed by atoms with E-state index in [0.29, 0.717) is 25.6 Å². The van der Waals surface area contributed by atoms with Crippen LogP contribution in [0.4, 0.5) is 5.82 Å². The smallest absolute Gasteiger partial charge is 0.285 e. The van der Waals surface area contributed by atoms with E-state index in [-0.39, 0.29) is 10.9 Å². The Balaban J connectivity index is 2.21. The summed E-state index contributed by atoms with van der Waals surface area (Å²) < 4.78 is 32.9. The fourth-order valence-electron chi connectivity index (χ4n) is 2.02. The molecule has 1 atom stereocenters. The summed E-state index contributed by atoms with van der Waals surface area (Å²) in [6, 6.07) is 2.98. The molecule has 6 nitrogen and oxygen atoms in total. The third-order valence-electron chi connectivity index (χ3n) is 2.84. The van der Waals surface area contributed by atoms with Crippen molar-refractivity contribution in [3.63, 3.8) is 0 Å². The minimum absolute atomic E-state index is 0.158. The van der Waals surface area contributed by atoms with Crippen molar-refractivity contribution in [3.05, 3.63) is 18.3 Å². The summed E-state index contributed by atoms with van der Waals surface area (Å²) in [5.41, 5.74) is 0. The van der Waals surface area contributed by atoms with Crippen molar-refractivity contribution in [2.24, 2.45) is 4.40 Å². The summed E-state index contributed by atoms with van der Waals surface area (Å²) in [6.07, 6.45) is 3.02. The number of sulfonamides is 1. The lowest BCUT2D eigenvalue weighted by Crippen LogP contribution is -2.46. The van der Waals surface area contributed by atoms with Crippen molar-refractivity contribution in [1.29, 1.82) is 0 Å². The summed E-state index contributed by atoms with van der Waals surface area (Å²) in [7, 11) is -3.63. The van der Waals surface area contributed by atoms with Gasteiger partial charge in [-0.25, -0.2) is 4.98 Å². The molecule has 0 saturated carbocycles. The van der Waals surface area contributed by atoms with E-state index >= 15 is 0 Å². The maximum atomic E-state index is 11.9. The zero-order valence-electron chi connectivity index (χ0n) is 8.98. The Labute approximate surface area is 99.0 Å². The van der Waals surface area contributed by atoms with Gasteiger partial charge in [-0.2, -0.15) is 12.8 Å². The van der Waals surface area contributed by atoms with Crippen LogP contribution in [0.3, 0.4) is 0 Å². The molecule has 0 N–H and O–H groups in total. The van der Waals surface area contributed by atoms with Crippen LogP contribution in [0, 0.1) is 0 Å². The Morgan fingerprint density at radius 1 is 1.47 bits per heavy atom. The third-order valence-corrected chi connectivity index (χ3v) is 4.11. The van der Waals surface area contributed by atoms with Gasteiger partial charge < -0.3 is 9.64 Å². The average molecular weight is 253 g/mol. The molecule has 0 radical (unpaired) electrons. The number of aromatic nitrogens is 1. The predicted molar refractivity (Wildman–Crippen MR) is 61.9 cm³/mol. The standard InChI is InChI=1S/C10H11N3O3S/c14-17(15)9-2-1-3-11-10(9)13-4-5-16-7-8(13)6-12-17/h1-3,6,8H,4-5,7H2/t8-/m1/s1. The van der Waals surface area contributed by atoms with E-state index in [9.17, 15) is 8.42 Å². The van der Waals surface area contributed by atoms with Gasteiger partial charge in [-0.15, -0.1) is 0 Å². The molecule has 90 valence electrons. The number of anilines is 1. The Kier molecular flexibility index (Phi) is 2.37. The van der Waals surface area contributed by atoms with Crippen LogP contribution in [0.1, 0.15) is 0 Å². The molecule has 1 saturated heterocycles. The van der Waals surface area contributed by atoms with Gasteiger partial charge in [-0.1, -0.05) is 0 Å². The molecular weight excluding hydrogens is 242 g/mol. The first-order valence-electron chi connectivity index (χ1n) is 5.28. The Morgan fingerprint density at radius 2 is 2.35 bits per heavy atom. The lowest BCUT2D eigenvalue weighted by Gasteiger charge is -2.33. The number of morpholine rings is 1. The molecular formula is C10H11N3O3S. The predicted octanol–water partition coefficient (Wildman–Crippen LogP) is 0.0599. The van der Waals surface area contributed by atoms with Gasteiger partial charge >= 0.3 is 0 Å². The SMILES string of the molecule is O=S1(=O)N=C[C@@H]2COCCN2c2ncccc21. The summed E-state index contributed by atoms with van der Waals surface area (Å²) >= 11 is 0. The first-order chi connectivity index (χ1) is 8.18. The molecule has 2 aliphatic rings. The monoisotopic (exact) mass is 253 g/mol. The second kappa shape index (κ2) is 3.78. The molecule has 0 aliphatic carbocycles. The minimum Gasteiger partial charge on any atom is -0.377 e. The van der Waals surface area contributed by atoms with Crippen LogP contribution in [0.5, 0.6) is 0 Å². The van der Waals surface area contributed by atoms with Gasteiger partial charge in [0.25, 0.3) is 10.0 Å². The number of hydrogen-bond donors (Lipinski definition) is 0. The van der Waals surface area contributed by atoms with Crippen LogP contribution in [-0.2, 0) is 14.8 Å². The van der Waals surface area contributed by atoms with Crippen molar-refractivity contribution in [1.82, 2.24) is 4.98 Å². The Hall–Kier alpha value is -1.47. The summed E-state index contributed by atoms with van der Waals surface area (Å²) in [4.78, 5) is 6.26. The zero-order chi connectivity index (χ0) is 11.9. The van der Waals surface area contributed by atoms with E-state index in [1.54, 1.807) is 12.3 Å². The molecule has 0 aromatic carbocycles. The van der Waals surface area contributed by atoms with Gasteiger partial charge in [0.2, 0.25) is 0 Å². The second-order valence-electron chi connectivity index (χ2n) is 3.89. The van der Waals surface area contributed by atoms with Crippen LogP contribution in [0.15, 0.2) is 27.6 Å². The van der Waals surface area contributed by atoms with E-state index < -0.39 is 10.0 Å². The molecule has 1 aromatic rings. The molecule has 0 unspecified atom stereocenters. The van der Waals surface area contributed by atoms with Gasteiger partial charge in [-0.3, -0.25) is 0 Å². The van der Waals surface area contributed by atoms with Gasteiger partial charge in [0.15, 0.2) is 0 Å². The van der Waals surface area contributed by atoms with Crippen molar-refractivity contribution >= 4 is 22.1 Å². The Morgan fingerprint density at radius 3 is 3.24 bits per heavy atom.